The maximum Gasteiger partial charge on any atom is 0.332 e. The summed E-state index contributed by atoms with van der Waals surface area (Å²) in [4.78, 5) is 27.2. The minimum absolute atomic E-state index is 0.0613. The lowest BCUT2D eigenvalue weighted by Gasteiger charge is -2.38. The van der Waals surface area contributed by atoms with E-state index < -0.39 is 11.1 Å². The van der Waals surface area contributed by atoms with E-state index in [1.54, 1.807) is 4.57 Å². The van der Waals surface area contributed by atoms with Crippen molar-refractivity contribution in [2.45, 2.75) is 57.7 Å². The SMILES string of the molecule is CC(C)n1nc2n(c(=O)c1=O)CCC21CCN(Cc2cccn2C)CC1. The number of hydrogen-bond donors (Lipinski definition) is 0. The molecular formula is C19H27N5O2. The van der Waals surface area contributed by atoms with E-state index in [1.807, 2.05) is 13.8 Å². The van der Waals surface area contributed by atoms with Crippen LogP contribution in [0.5, 0.6) is 0 Å². The zero-order chi connectivity index (χ0) is 18.5. The standard InChI is InChI=1S/C19H27N5O2/c1-14(2)24-17(26)16(25)23-12-8-19(18(23)20-24)6-10-22(11-7-19)13-15-5-4-9-21(15)3/h4-5,9,14H,6-8,10-13H2,1-3H3. The van der Waals surface area contributed by atoms with Crippen molar-refractivity contribution >= 4 is 0 Å². The number of nitrogens with zero attached hydrogens (tertiary/aromatic N) is 5. The third-order valence-corrected chi connectivity index (χ3v) is 6.12. The number of likely N-dealkylation sites (tertiary alicyclic amines) is 1. The number of aromatic nitrogens is 4. The molecule has 0 N–H and O–H groups in total. The van der Waals surface area contributed by atoms with Gasteiger partial charge in [-0.1, -0.05) is 0 Å². The molecule has 7 heteroatoms. The summed E-state index contributed by atoms with van der Waals surface area (Å²) >= 11 is 0. The van der Waals surface area contributed by atoms with Gasteiger partial charge >= 0.3 is 11.1 Å². The lowest BCUT2D eigenvalue weighted by atomic mass is 9.76. The predicted molar refractivity (Wildman–Crippen MR) is 99.4 cm³/mol. The van der Waals surface area contributed by atoms with Crippen molar-refractivity contribution in [1.82, 2.24) is 23.8 Å². The van der Waals surface area contributed by atoms with Crippen molar-refractivity contribution in [1.29, 1.82) is 0 Å². The average Bonchev–Trinajstić information content (AvgIpc) is 3.17. The van der Waals surface area contributed by atoms with Crippen LogP contribution in [0.25, 0.3) is 0 Å². The Kier molecular flexibility index (Phi) is 4.14. The van der Waals surface area contributed by atoms with E-state index in [-0.39, 0.29) is 11.5 Å². The van der Waals surface area contributed by atoms with Gasteiger partial charge in [0, 0.05) is 37.4 Å². The van der Waals surface area contributed by atoms with Gasteiger partial charge in [0.05, 0.1) is 6.04 Å². The highest BCUT2D eigenvalue weighted by atomic mass is 16.2. The molecule has 4 rings (SSSR count). The minimum Gasteiger partial charge on any atom is -0.353 e. The Hall–Kier alpha value is -2.15. The maximum atomic E-state index is 12.5. The van der Waals surface area contributed by atoms with E-state index >= 15 is 0 Å². The summed E-state index contributed by atoms with van der Waals surface area (Å²) < 4.78 is 5.17. The molecule has 26 heavy (non-hydrogen) atoms. The van der Waals surface area contributed by atoms with Gasteiger partial charge in [-0.2, -0.15) is 5.10 Å². The van der Waals surface area contributed by atoms with Crippen LogP contribution in [0.15, 0.2) is 27.9 Å². The molecule has 1 spiro atoms. The third kappa shape index (κ3) is 2.65. The second kappa shape index (κ2) is 6.23. The first-order chi connectivity index (χ1) is 12.4. The van der Waals surface area contributed by atoms with Gasteiger partial charge in [-0.25, -0.2) is 4.68 Å². The van der Waals surface area contributed by atoms with Gasteiger partial charge in [0.15, 0.2) is 0 Å². The molecule has 1 saturated heterocycles. The van der Waals surface area contributed by atoms with Gasteiger partial charge < -0.3 is 4.57 Å². The summed E-state index contributed by atoms with van der Waals surface area (Å²) in [5.41, 5.74) is 0.346. The largest absolute Gasteiger partial charge is 0.353 e. The van der Waals surface area contributed by atoms with E-state index in [0.29, 0.717) is 6.54 Å². The number of rotatable bonds is 3. The Bertz CT molecular complexity index is 928. The molecule has 0 aliphatic carbocycles. The molecule has 0 radical (unpaired) electrons. The van der Waals surface area contributed by atoms with E-state index in [2.05, 4.69) is 39.9 Å². The summed E-state index contributed by atoms with van der Waals surface area (Å²) in [5.74, 6) is 0.828. The second-order valence-corrected chi connectivity index (χ2v) is 8.04. The molecule has 0 atom stereocenters. The maximum absolute atomic E-state index is 12.5. The van der Waals surface area contributed by atoms with Crippen LogP contribution >= 0.6 is 0 Å². The van der Waals surface area contributed by atoms with E-state index in [4.69, 9.17) is 0 Å². The van der Waals surface area contributed by atoms with Crippen molar-refractivity contribution in [2.24, 2.45) is 7.05 Å². The van der Waals surface area contributed by atoms with Gasteiger partial charge in [0.2, 0.25) is 0 Å². The van der Waals surface area contributed by atoms with Crippen LogP contribution in [0.1, 0.15) is 50.7 Å². The fourth-order valence-corrected chi connectivity index (χ4v) is 4.40. The van der Waals surface area contributed by atoms with Gasteiger partial charge in [0.1, 0.15) is 5.82 Å². The first-order valence-corrected chi connectivity index (χ1v) is 9.48. The zero-order valence-electron chi connectivity index (χ0n) is 15.8. The molecule has 2 aromatic rings. The minimum atomic E-state index is -0.498. The van der Waals surface area contributed by atoms with E-state index in [0.717, 1.165) is 44.7 Å². The second-order valence-electron chi connectivity index (χ2n) is 8.04. The van der Waals surface area contributed by atoms with Crippen molar-refractivity contribution in [3.05, 3.63) is 50.6 Å². The summed E-state index contributed by atoms with van der Waals surface area (Å²) in [6, 6.07) is 4.14. The summed E-state index contributed by atoms with van der Waals surface area (Å²) in [6.45, 7) is 7.34. The Balaban J connectivity index is 1.59. The Morgan fingerprint density at radius 1 is 1.12 bits per heavy atom. The fraction of sp³-hybridized carbons (Fsp3) is 0.632. The molecule has 0 bridgehead atoms. The van der Waals surface area contributed by atoms with Gasteiger partial charge in [0.25, 0.3) is 0 Å². The van der Waals surface area contributed by atoms with E-state index in [1.165, 1.54) is 10.4 Å². The van der Waals surface area contributed by atoms with Crippen molar-refractivity contribution in [3.63, 3.8) is 0 Å². The number of hydrogen-bond acceptors (Lipinski definition) is 4. The van der Waals surface area contributed by atoms with Crippen molar-refractivity contribution in [3.8, 4) is 0 Å². The molecule has 1 fully saturated rings. The molecule has 7 nitrogen and oxygen atoms in total. The lowest BCUT2D eigenvalue weighted by Crippen LogP contribution is -2.47. The van der Waals surface area contributed by atoms with Crippen LogP contribution in [0.4, 0.5) is 0 Å². The van der Waals surface area contributed by atoms with E-state index in [9.17, 15) is 9.59 Å². The van der Waals surface area contributed by atoms with Crippen LogP contribution in [0.2, 0.25) is 0 Å². The molecule has 0 saturated carbocycles. The quantitative estimate of drug-likeness (QED) is 0.776. The molecule has 0 aromatic carbocycles. The third-order valence-electron chi connectivity index (χ3n) is 6.12. The summed E-state index contributed by atoms with van der Waals surface area (Å²) in [6.07, 6.45) is 4.96. The van der Waals surface area contributed by atoms with Crippen LogP contribution in [0, 0.1) is 0 Å². The molecule has 2 aliphatic rings. The first kappa shape index (κ1) is 17.3. The first-order valence-electron chi connectivity index (χ1n) is 9.48. The molecule has 140 valence electrons. The topological polar surface area (TPSA) is 65.1 Å². The smallest absolute Gasteiger partial charge is 0.332 e. The van der Waals surface area contributed by atoms with Crippen LogP contribution in [-0.2, 0) is 25.6 Å². The predicted octanol–water partition coefficient (Wildman–Crippen LogP) is 1.26. The molecule has 0 unspecified atom stereocenters. The average molecular weight is 357 g/mol. The van der Waals surface area contributed by atoms with Gasteiger partial charge in [-0.3, -0.25) is 19.1 Å². The molecule has 2 aliphatic heterocycles. The van der Waals surface area contributed by atoms with Crippen LogP contribution in [-0.4, -0.2) is 36.9 Å². The number of piperidine rings is 1. The highest BCUT2D eigenvalue weighted by Gasteiger charge is 2.44. The number of fused-ring (bicyclic) bond motifs is 2. The molecule has 2 aromatic heterocycles. The highest BCUT2D eigenvalue weighted by molar-refractivity contribution is 5.16. The molecule has 4 heterocycles. The number of aryl methyl sites for hydroxylation is 1. The van der Waals surface area contributed by atoms with Gasteiger partial charge in [-0.05, 0) is 58.3 Å². The molecule has 0 amide bonds. The Morgan fingerprint density at radius 3 is 2.42 bits per heavy atom. The van der Waals surface area contributed by atoms with Gasteiger partial charge in [-0.15, -0.1) is 0 Å². The molecular weight excluding hydrogens is 330 g/mol. The van der Waals surface area contributed by atoms with Crippen molar-refractivity contribution in [2.75, 3.05) is 13.1 Å². The zero-order valence-corrected chi connectivity index (χ0v) is 15.8. The normalized spacial score (nSPS) is 19.4. The lowest BCUT2D eigenvalue weighted by molar-refractivity contribution is 0.146. The highest BCUT2D eigenvalue weighted by Crippen LogP contribution is 2.41. The Labute approximate surface area is 152 Å². The fourth-order valence-electron chi connectivity index (χ4n) is 4.40. The van der Waals surface area contributed by atoms with Crippen molar-refractivity contribution < 1.29 is 0 Å². The summed E-state index contributed by atoms with van der Waals surface area (Å²) in [7, 11) is 2.08. The van der Waals surface area contributed by atoms with Crippen LogP contribution < -0.4 is 11.1 Å². The van der Waals surface area contributed by atoms with Crippen LogP contribution in [0.3, 0.4) is 0 Å². The summed E-state index contributed by atoms with van der Waals surface area (Å²) in [5, 5.41) is 4.65. The monoisotopic (exact) mass is 357 g/mol. The Morgan fingerprint density at radius 2 is 1.81 bits per heavy atom.